The molecule has 244 valence electrons. The van der Waals surface area contributed by atoms with Gasteiger partial charge in [-0.3, -0.25) is 0 Å². The minimum absolute atomic E-state index is 0.0380. The smallest absolute Gasteiger partial charge is 0.226 e. The van der Waals surface area contributed by atoms with Crippen molar-refractivity contribution in [2.24, 2.45) is 0 Å². The molecule has 0 N–H and O–H groups in total. The molecule has 0 saturated heterocycles. The summed E-state index contributed by atoms with van der Waals surface area (Å²) in [6.45, 7) is 21.0. The Morgan fingerprint density at radius 3 is 1.52 bits per heavy atom. The van der Waals surface area contributed by atoms with E-state index in [1.54, 1.807) is 25.1 Å². The molecule has 0 atom stereocenters. The van der Waals surface area contributed by atoms with Gasteiger partial charge in [0.05, 0.1) is 25.3 Å². The number of rotatable bonds is 3. The Morgan fingerprint density at radius 1 is 0.646 bits per heavy atom. The lowest BCUT2D eigenvalue weighted by molar-refractivity contribution is -0.0352. The van der Waals surface area contributed by atoms with Crippen molar-refractivity contribution in [1.29, 1.82) is 10.5 Å². The Kier molecular flexibility index (Phi) is 8.80. The molecule has 16 heteroatoms. The number of halogens is 9. The van der Waals surface area contributed by atoms with Crippen molar-refractivity contribution in [1.82, 2.24) is 0 Å². The van der Waals surface area contributed by atoms with Crippen LogP contribution in [0.25, 0.3) is 43.3 Å². The predicted molar refractivity (Wildman–Crippen MR) is 163 cm³/mol. The highest BCUT2D eigenvalue weighted by molar-refractivity contribution is 8.04. The zero-order valence-corrected chi connectivity index (χ0v) is 26.9. The molecule has 0 saturated carbocycles. The second-order valence-corrected chi connectivity index (χ2v) is 13.9. The Balaban J connectivity index is 2.09. The van der Waals surface area contributed by atoms with Crippen LogP contribution < -0.4 is 10.4 Å². The monoisotopic (exact) mass is 722 g/mol. The van der Waals surface area contributed by atoms with Crippen LogP contribution in [0.1, 0.15) is 38.9 Å². The van der Waals surface area contributed by atoms with E-state index in [9.17, 15) is 50.0 Å². The van der Waals surface area contributed by atoms with Crippen LogP contribution in [0.3, 0.4) is 0 Å². The van der Waals surface area contributed by atoms with E-state index in [0.717, 1.165) is 22.3 Å². The molecule has 5 rings (SSSR count). The number of thioether (sulfide) groups is 3. The van der Waals surface area contributed by atoms with Gasteiger partial charge in [0.25, 0.3) is 11.4 Å². The second-order valence-electron chi connectivity index (χ2n) is 10.6. The molecule has 0 aromatic heterocycles. The van der Waals surface area contributed by atoms with Gasteiger partial charge < -0.3 is 0 Å². The maximum atomic E-state index is 14.0. The van der Waals surface area contributed by atoms with Crippen molar-refractivity contribution >= 4 is 46.7 Å². The van der Waals surface area contributed by atoms with Gasteiger partial charge in [-0.05, 0) is 136 Å². The van der Waals surface area contributed by atoms with Gasteiger partial charge in [0.15, 0.2) is 0 Å². The van der Waals surface area contributed by atoms with E-state index in [4.69, 9.17) is 13.1 Å². The van der Waals surface area contributed by atoms with Crippen LogP contribution in [0.4, 0.5) is 39.5 Å². The molecule has 0 radical (unpaired) electrons. The lowest BCUT2D eigenvalue weighted by Crippen LogP contribution is -2.25. The van der Waals surface area contributed by atoms with Crippen LogP contribution in [-0.2, 0) is 12.8 Å². The van der Waals surface area contributed by atoms with E-state index in [1.807, 2.05) is 13.8 Å². The summed E-state index contributed by atoms with van der Waals surface area (Å²) >= 11 is -3.15. The Hall–Kier alpha value is -4.22. The summed E-state index contributed by atoms with van der Waals surface area (Å²) < 4.78 is 124. The lowest BCUT2D eigenvalue weighted by atomic mass is 9.89. The first-order valence-electron chi connectivity index (χ1n) is 13.3. The van der Waals surface area contributed by atoms with E-state index < -0.39 is 89.9 Å². The van der Waals surface area contributed by atoms with E-state index in [2.05, 4.69) is 9.69 Å². The number of hydrogen-bond donors (Lipinski definition) is 0. The normalized spacial score (nSPS) is 14.5. The van der Waals surface area contributed by atoms with Crippen LogP contribution in [-0.4, -0.2) is 16.5 Å². The first-order valence-corrected chi connectivity index (χ1v) is 15.8. The summed E-state index contributed by atoms with van der Waals surface area (Å²) in [7, 11) is 0. The minimum atomic E-state index is -5.28. The SMILES string of the molecule is [C-]#[N+]/C(C#N)=c1/c2c(/c(=C(\C#N)[N+]#[C-])c3c1-c1cc(C)c(C)c(C)c1C3)-c1cc(SC(F)(F)F)c(SC(F)(F)F)c(SC(F)(F)F)c1C2. The summed E-state index contributed by atoms with van der Waals surface area (Å²) in [5.41, 5.74) is -13.5. The Bertz CT molecular complexity index is 2230. The third-order valence-electron chi connectivity index (χ3n) is 8.12. The molecule has 3 aromatic rings. The maximum absolute atomic E-state index is 14.0. The standard InChI is InChI=1S/C32H15F9N4S3/c1-12-6-16-15(14(3)13(12)2)7-19-24(16)27(22(11-43)45-5)20-8-18-17(25(20)26(19)21(10-42)44-4)9-23(46-30(33,34)35)29(48-32(39,40)41)28(18)47-31(36,37)38/h6,9H,7-8H2,1-3H3/b26-21+,27-22-. The molecule has 0 heterocycles. The topological polar surface area (TPSA) is 56.3 Å². The largest absolute Gasteiger partial charge is 0.446 e. The number of benzene rings is 3. The van der Waals surface area contributed by atoms with Crippen molar-refractivity contribution in [3.63, 3.8) is 0 Å². The summed E-state index contributed by atoms with van der Waals surface area (Å²) in [6.07, 6.45) is -0.589. The highest BCUT2D eigenvalue weighted by Crippen LogP contribution is 2.57. The number of hydrogen-bond acceptors (Lipinski definition) is 5. The highest BCUT2D eigenvalue weighted by atomic mass is 32.2. The predicted octanol–water partition coefficient (Wildman–Crippen LogP) is 9.69. The molecule has 0 spiro atoms. The first-order chi connectivity index (χ1) is 22.2. The van der Waals surface area contributed by atoms with Gasteiger partial charge in [0.2, 0.25) is 0 Å². The van der Waals surface area contributed by atoms with Gasteiger partial charge in [-0.25, -0.2) is 20.2 Å². The summed E-state index contributed by atoms with van der Waals surface area (Å²) in [5.74, 6) is 0. The van der Waals surface area contributed by atoms with Gasteiger partial charge in [0.1, 0.15) is 0 Å². The van der Waals surface area contributed by atoms with Gasteiger partial charge in [0, 0.05) is 25.1 Å². The molecule has 3 aromatic carbocycles. The molecular weight excluding hydrogens is 708 g/mol. The zero-order valence-electron chi connectivity index (χ0n) is 24.5. The summed E-state index contributed by atoms with van der Waals surface area (Å²) in [4.78, 5) is 3.05. The number of alkyl halides is 9. The Labute approximate surface area is 279 Å². The van der Waals surface area contributed by atoms with Crippen LogP contribution >= 0.6 is 35.3 Å². The highest BCUT2D eigenvalue weighted by Gasteiger charge is 2.43. The molecule has 2 aliphatic rings. The summed E-state index contributed by atoms with van der Waals surface area (Å²) in [5, 5.41) is 20.0. The first kappa shape index (κ1) is 35.1. The molecular formula is C32H15F9N4S3. The lowest BCUT2D eigenvalue weighted by Gasteiger charge is -2.20. The average molecular weight is 723 g/mol. The van der Waals surface area contributed by atoms with E-state index in [-0.39, 0.29) is 44.7 Å². The van der Waals surface area contributed by atoms with Crippen LogP contribution in [0, 0.1) is 56.6 Å². The average Bonchev–Trinajstić information content (AvgIpc) is 3.52. The van der Waals surface area contributed by atoms with E-state index >= 15 is 0 Å². The third-order valence-corrected chi connectivity index (χ3v) is 10.9. The number of aryl methyl sites for hydroxylation is 1. The van der Waals surface area contributed by atoms with Crippen molar-refractivity contribution in [3.8, 4) is 34.4 Å². The number of nitrogens with zero attached hydrogens (tertiary/aromatic N) is 4. The van der Waals surface area contributed by atoms with Crippen LogP contribution in [0.2, 0.25) is 0 Å². The number of nitriles is 2. The van der Waals surface area contributed by atoms with Gasteiger partial charge in [-0.2, -0.15) is 39.5 Å². The quantitative estimate of drug-likeness (QED) is 0.106. The summed E-state index contributed by atoms with van der Waals surface area (Å²) in [6, 6.07) is 6.00. The van der Waals surface area contributed by atoms with Crippen LogP contribution in [0.15, 0.2) is 26.8 Å². The molecule has 0 amide bonds. The maximum Gasteiger partial charge on any atom is 0.446 e. The molecule has 2 aliphatic carbocycles. The third kappa shape index (κ3) is 6.09. The fourth-order valence-corrected chi connectivity index (χ4v) is 8.76. The van der Waals surface area contributed by atoms with Crippen molar-refractivity contribution in [2.75, 3.05) is 0 Å². The van der Waals surface area contributed by atoms with Crippen molar-refractivity contribution in [2.45, 2.75) is 64.8 Å². The van der Waals surface area contributed by atoms with Crippen LogP contribution in [0.5, 0.6) is 0 Å². The molecule has 0 unspecified atom stereocenters. The zero-order chi connectivity index (χ0) is 35.7. The molecule has 48 heavy (non-hydrogen) atoms. The van der Waals surface area contributed by atoms with Crippen molar-refractivity contribution < 1.29 is 39.5 Å². The molecule has 0 aliphatic heterocycles. The van der Waals surface area contributed by atoms with E-state index in [0.29, 0.717) is 11.6 Å². The second kappa shape index (κ2) is 12.0. The van der Waals surface area contributed by atoms with Gasteiger partial charge in [-0.1, -0.05) is 6.07 Å². The van der Waals surface area contributed by atoms with Crippen molar-refractivity contribution in [3.05, 3.63) is 84.3 Å². The molecule has 0 fully saturated rings. The fraction of sp³-hybridized carbons (Fsp3) is 0.250. The van der Waals surface area contributed by atoms with Gasteiger partial charge in [-0.15, -0.1) is 0 Å². The molecule has 4 nitrogen and oxygen atoms in total. The van der Waals surface area contributed by atoms with Gasteiger partial charge >= 0.3 is 16.5 Å². The van der Waals surface area contributed by atoms with E-state index in [1.165, 1.54) is 0 Å². The fourth-order valence-electron chi connectivity index (χ4n) is 6.23. The minimum Gasteiger partial charge on any atom is -0.226 e. The number of fused-ring (bicyclic) bond motifs is 6. The Morgan fingerprint density at radius 2 is 1.08 bits per heavy atom. The molecule has 0 bridgehead atoms.